The predicted octanol–water partition coefficient (Wildman–Crippen LogP) is 4.94. The van der Waals surface area contributed by atoms with Gasteiger partial charge in [-0.05, 0) is 43.9 Å². The second-order valence-electron chi connectivity index (χ2n) is 6.21. The average Bonchev–Trinajstić information content (AvgIpc) is 3.39. The maximum Gasteiger partial charge on any atom is 0.225 e. The van der Waals surface area contributed by atoms with E-state index in [9.17, 15) is 0 Å². The van der Waals surface area contributed by atoms with E-state index >= 15 is 0 Å². The molecule has 0 spiro atoms. The molecule has 122 valence electrons. The fourth-order valence-corrected chi connectivity index (χ4v) is 2.59. The van der Waals surface area contributed by atoms with Gasteiger partial charge in [0.15, 0.2) is 0 Å². The molecule has 0 radical (unpaired) electrons. The van der Waals surface area contributed by atoms with Crippen molar-refractivity contribution in [3.05, 3.63) is 46.1 Å². The molecule has 5 heteroatoms. The van der Waals surface area contributed by atoms with E-state index in [1.165, 1.54) is 18.4 Å². The van der Waals surface area contributed by atoms with Crippen LogP contribution in [0.2, 0.25) is 0 Å². The van der Waals surface area contributed by atoms with Crippen LogP contribution >= 0.6 is 15.9 Å². The quantitative estimate of drug-likeness (QED) is 0.720. The number of hydrogen-bond acceptors (Lipinski definition) is 4. The van der Waals surface area contributed by atoms with E-state index in [-0.39, 0.29) is 0 Å². The minimum Gasteiger partial charge on any atom is -0.366 e. The Kier molecular flexibility index (Phi) is 5.16. The van der Waals surface area contributed by atoms with Crippen molar-refractivity contribution in [1.29, 1.82) is 0 Å². The van der Waals surface area contributed by atoms with Crippen LogP contribution in [-0.2, 0) is 6.54 Å². The first-order valence-corrected chi connectivity index (χ1v) is 9.07. The number of halogens is 1. The number of nitrogens with one attached hydrogen (secondary N) is 2. The van der Waals surface area contributed by atoms with E-state index in [4.69, 9.17) is 0 Å². The summed E-state index contributed by atoms with van der Waals surface area (Å²) in [6.07, 6.45) is 3.54. The molecule has 23 heavy (non-hydrogen) atoms. The van der Waals surface area contributed by atoms with Gasteiger partial charge in [0.25, 0.3) is 0 Å². The van der Waals surface area contributed by atoms with Crippen LogP contribution in [0.25, 0.3) is 0 Å². The first-order chi connectivity index (χ1) is 11.1. The minimum absolute atomic E-state index is 0.378. The summed E-state index contributed by atoms with van der Waals surface area (Å²) >= 11 is 3.46. The summed E-state index contributed by atoms with van der Waals surface area (Å²) in [5.41, 5.74) is 2.39. The Morgan fingerprint density at radius 3 is 2.61 bits per heavy atom. The molecule has 1 aromatic carbocycles. The maximum absolute atomic E-state index is 4.68. The second kappa shape index (κ2) is 7.30. The molecule has 0 saturated heterocycles. The number of hydrogen-bond donors (Lipinski definition) is 2. The maximum atomic E-state index is 4.68. The third-order valence-corrected chi connectivity index (χ3v) is 4.65. The molecule has 0 aliphatic heterocycles. The van der Waals surface area contributed by atoms with Crippen molar-refractivity contribution in [1.82, 2.24) is 9.97 Å². The summed E-state index contributed by atoms with van der Waals surface area (Å²) in [6.45, 7) is 5.08. The van der Waals surface area contributed by atoms with Crippen LogP contribution in [0, 0.1) is 0 Å². The summed E-state index contributed by atoms with van der Waals surface area (Å²) in [6, 6.07) is 10.8. The van der Waals surface area contributed by atoms with Crippen LogP contribution in [0.5, 0.6) is 0 Å². The fraction of sp³-hybridized carbons (Fsp3) is 0.444. The first kappa shape index (κ1) is 16.2. The number of nitrogens with zero attached hydrogens (tertiary/aromatic N) is 2. The van der Waals surface area contributed by atoms with Crippen molar-refractivity contribution >= 4 is 27.7 Å². The van der Waals surface area contributed by atoms with Crippen molar-refractivity contribution in [3.8, 4) is 0 Å². The molecule has 0 bridgehead atoms. The lowest BCUT2D eigenvalue weighted by Crippen LogP contribution is -2.17. The van der Waals surface area contributed by atoms with Crippen molar-refractivity contribution in [2.24, 2.45) is 0 Å². The van der Waals surface area contributed by atoms with Crippen molar-refractivity contribution in [3.63, 3.8) is 0 Å². The largest absolute Gasteiger partial charge is 0.366 e. The van der Waals surface area contributed by atoms with Crippen LogP contribution in [0.15, 0.2) is 34.8 Å². The van der Waals surface area contributed by atoms with Crippen LogP contribution in [-0.4, -0.2) is 16.0 Å². The zero-order valence-electron chi connectivity index (χ0n) is 13.6. The molecule has 1 aliphatic rings. The highest BCUT2D eigenvalue weighted by atomic mass is 79.9. The normalized spacial score (nSPS) is 15.3. The lowest BCUT2D eigenvalue weighted by Gasteiger charge is -2.14. The lowest BCUT2D eigenvalue weighted by atomic mass is 10.2. The van der Waals surface area contributed by atoms with Crippen LogP contribution in [0.4, 0.5) is 11.8 Å². The molecule has 1 heterocycles. The molecule has 1 aliphatic carbocycles. The number of anilines is 2. The number of rotatable bonds is 7. The van der Waals surface area contributed by atoms with Gasteiger partial charge in [-0.25, -0.2) is 4.98 Å². The smallest absolute Gasteiger partial charge is 0.225 e. The molecule has 1 atom stereocenters. The van der Waals surface area contributed by atoms with Gasteiger partial charge in [-0.3, -0.25) is 0 Å². The lowest BCUT2D eigenvalue weighted by molar-refractivity contribution is 0.750. The highest BCUT2D eigenvalue weighted by Gasteiger charge is 2.26. The molecule has 2 N–H and O–H groups in total. The topological polar surface area (TPSA) is 49.8 Å². The van der Waals surface area contributed by atoms with E-state index < -0.39 is 0 Å². The Bertz CT molecular complexity index is 653. The molecule has 0 amide bonds. The van der Waals surface area contributed by atoms with E-state index in [0.29, 0.717) is 12.0 Å². The van der Waals surface area contributed by atoms with Gasteiger partial charge in [0.1, 0.15) is 5.82 Å². The van der Waals surface area contributed by atoms with Gasteiger partial charge in [0, 0.05) is 29.0 Å². The van der Waals surface area contributed by atoms with Gasteiger partial charge >= 0.3 is 0 Å². The summed E-state index contributed by atoms with van der Waals surface area (Å²) < 4.78 is 1.10. The van der Waals surface area contributed by atoms with Gasteiger partial charge in [-0.15, -0.1) is 0 Å². The Morgan fingerprint density at radius 1 is 1.22 bits per heavy atom. The first-order valence-electron chi connectivity index (χ1n) is 8.28. The summed E-state index contributed by atoms with van der Waals surface area (Å²) in [4.78, 5) is 9.30. The molecule has 1 saturated carbocycles. The molecule has 1 fully saturated rings. The number of aromatic nitrogens is 2. The van der Waals surface area contributed by atoms with E-state index in [1.807, 2.05) is 0 Å². The zero-order chi connectivity index (χ0) is 16.2. The molecule has 4 nitrogen and oxygen atoms in total. The Hall–Kier alpha value is -1.62. The Labute approximate surface area is 146 Å². The van der Waals surface area contributed by atoms with Crippen LogP contribution < -0.4 is 10.6 Å². The van der Waals surface area contributed by atoms with Gasteiger partial charge in [-0.2, -0.15) is 4.98 Å². The molecule has 0 unspecified atom stereocenters. The third-order valence-electron chi connectivity index (χ3n) is 4.12. The van der Waals surface area contributed by atoms with Crippen molar-refractivity contribution in [2.45, 2.75) is 51.6 Å². The fourth-order valence-electron chi connectivity index (χ4n) is 2.33. The van der Waals surface area contributed by atoms with E-state index in [2.05, 4.69) is 80.7 Å². The SMILES string of the molecule is CC[C@H](C)Nc1nc(NCc2ccc(Br)cc2)cc(C2CC2)n1. The highest BCUT2D eigenvalue weighted by Crippen LogP contribution is 2.39. The molecule has 2 aromatic rings. The third kappa shape index (κ3) is 4.67. The monoisotopic (exact) mass is 374 g/mol. The molecule has 1 aromatic heterocycles. The van der Waals surface area contributed by atoms with Gasteiger partial charge in [0.2, 0.25) is 5.95 Å². The molecule has 3 rings (SSSR count). The van der Waals surface area contributed by atoms with Gasteiger partial charge in [0.05, 0.1) is 5.69 Å². The second-order valence-corrected chi connectivity index (χ2v) is 7.13. The van der Waals surface area contributed by atoms with Crippen LogP contribution in [0.1, 0.15) is 50.3 Å². The minimum atomic E-state index is 0.378. The molecular formula is C18H23BrN4. The van der Waals surface area contributed by atoms with E-state index in [0.717, 1.165) is 34.9 Å². The summed E-state index contributed by atoms with van der Waals surface area (Å²) in [5.74, 6) is 2.25. The van der Waals surface area contributed by atoms with Gasteiger partial charge < -0.3 is 10.6 Å². The summed E-state index contributed by atoms with van der Waals surface area (Å²) in [7, 11) is 0. The highest BCUT2D eigenvalue weighted by molar-refractivity contribution is 9.10. The van der Waals surface area contributed by atoms with E-state index in [1.54, 1.807) is 0 Å². The van der Waals surface area contributed by atoms with Gasteiger partial charge in [-0.1, -0.05) is 35.0 Å². The van der Waals surface area contributed by atoms with Crippen LogP contribution in [0.3, 0.4) is 0 Å². The average molecular weight is 375 g/mol. The number of benzene rings is 1. The predicted molar refractivity (Wildman–Crippen MR) is 98.9 cm³/mol. The van der Waals surface area contributed by atoms with Crippen molar-refractivity contribution < 1.29 is 0 Å². The zero-order valence-corrected chi connectivity index (χ0v) is 15.2. The Balaban J connectivity index is 1.73. The Morgan fingerprint density at radius 2 is 1.96 bits per heavy atom. The standard InChI is InChI=1S/C18H23BrN4/c1-3-12(2)21-18-22-16(14-6-7-14)10-17(23-18)20-11-13-4-8-15(19)9-5-13/h4-5,8-10,12,14H,3,6-7,11H2,1-2H3,(H2,20,21,22,23)/t12-/m0/s1. The van der Waals surface area contributed by atoms with Crippen molar-refractivity contribution in [2.75, 3.05) is 10.6 Å². The summed E-state index contributed by atoms with van der Waals surface area (Å²) in [5, 5.41) is 6.82. The molecular weight excluding hydrogens is 352 g/mol.